The minimum absolute atomic E-state index is 0.0156. The van der Waals surface area contributed by atoms with Crippen molar-refractivity contribution < 1.29 is 8.42 Å². The molecule has 0 amide bonds. The van der Waals surface area contributed by atoms with E-state index in [0.717, 1.165) is 13.0 Å². The number of likely N-dealkylation sites (N-methyl/N-ethyl adjacent to an activating group) is 1. The van der Waals surface area contributed by atoms with Gasteiger partial charge in [0, 0.05) is 24.1 Å². The first kappa shape index (κ1) is 14.3. The van der Waals surface area contributed by atoms with Crippen LogP contribution >= 0.6 is 27.5 Å². The summed E-state index contributed by atoms with van der Waals surface area (Å²) in [5.41, 5.74) is 0. The van der Waals surface area contributed by atoms with Gasteiger partial charge in [-0.3, -0.25) is 0 Å². The van der Waals surface area contributed by atoms with Gasteiger partial charge >= 0.3 is 0 Å². The van der Waals surface area contributed by atoms with Crippen LogP contribution in [0.4, 0.5) is 0 Å². The van der Waals surface area contributed by atoms with Crippen LogP contribution in [0.15, 0.2) is 27.6 Å². The van der Waals surface area contributed by atoms with E-state index >= 15 is 0 Å². The Morgan fingerprint density at radius 3 is 2.78 bits per heavy atom. The largest absolute Gasteiger partial charge is 0.315 e. The molecule has 100 valence electrons. The maximum atomic E-state index is 12.5. The third-order valence-corrected chi connectivity index (χ3v) is 6.47. The van der Waals surface area contributed by atoms with Gasteiger partial charge in [-0.25, -0.2) is 8.42 Å². The lowest BCUT2D eigenvalue weighted by Crippen LogP contribution is -2.38. The zero-order valence-electron chi connectivity index (χ0n) is 9.86. The lowest BCUT2D eigenvalue weighted by molar-refractivity contribution is 0.387. The summed E-state index contributed by atoms with van der Waals surface area (Å²) in [6, 6.07) is 4.96. The summed E-state index contributed by atoms with van der Waals surface area (Å²) in [6.07, 6.45) is 0.817. The molecule has 0 aliphatic carbocycles. The van der Waals surface area contributed by atoms with E-state index < -0.39 is 10.0 Å². The Labute approximate surface area is 120 Å². The lowest BCUT2D eigenvalue weighted by Gasteiger charge is -2.24. The minimum atomic E-state index is -3.57. The van der Waals surface area contributed by atoms with E-state index in [2.05, 4.69) is 21.2 Å². The van der Waals surface area contributed by atoms with Crippen LogP contribution in [0.2, 0.25) is 5.02 Å². The molecule has 0 aromatic heterocycles. The Morgan fingerprint density at radius 2 is 2.22 bits per heavy atom. The van der Waals surface area contributed by atoms with E-state index in [-0.39, 0.29) is 16.0 Å². The minimum Gasteiger partial charge on any atom is -0.315 e. The summed E-state index contributed by atoms with van der Waals surface area (Å²) in [5.74, 6) is 0. The molecule has 1 aromatic rings. The molecule has 0 spiro atoms. The van der Waals surface area contributed by atoms with Crippen molar-refractivity contribution in [1.82, 2.24) is 9.62 Å². The van der Waals surface area contributed by atoms with Crippen molar-refractivity contribution in [3.05, 3.63) is 27.7 Å². The van der Waals surface area contributed by atoms with Gasteiger partial charge in [0.1, 0.15) is 4.90 Å². The summed E-state index contributed by atoms with van der Waals surface area (Å²) in [6.45, 7) is 1.52. The molecule has 0 saturated carbocycles. The molecule has 0 bridgehead atoms. The van der Waals surface area contributed by atoms with Crippen molar-refractivity contribution in [2.24, 2.45) is 0 Å². The van der Waals surface area contributed by atoms with Crippen molar-refractivity contribution in [2.45, 2.75) is 17.4 Å². The molecule has 2 rings (SSSR count). The SMILES string of the molecule is CN(C1CCNC1)S(=O)(=O)c1c(Cl)cccc1Br. The highest BCUT2D eigenvalue weighted by atomic mass is 79.9. The molecule has 1 aliphatic heterocycles. The van der Waals surface area contributed by atoms with Crippen molar-refractivity contribution in [2.75, 3.05) is 20.1 Å². The maximum absolute atomic E-state index is 12.5. The Kier molecular flexibility index (Phi) is 4.33. The van der Waals surface area contributed by atoms with Gasteiger partial charge in [-0.15, -0.1) is 0 Å². The molecule has 1 aliphatic rings. The topological polar surface area (TPSA) is 49.4 Å². The van der Waals surface area contributed by atoms with E-state index in [0.29, 0.717) is 11.0 Å². The first-order chi connectivity index (χ1) is 8.44. The number of benzene rings is 1. The van der Waals surface area contributed by atoms with Gasteiger partial charge in [-0.05, 0) is 41.0 Å². The number of hydrogen-bond acceptors (Lipinski definition) is 3. The lowest BCUT2D eigenvalue weighted by atomic mass is 10.3. The van der Waals surface area contributed by atoms with Crippen LogP contribution in [0.1, 0.15) is 6.42 Å². The Morgan fingerprint density at radius 1 is 1.50 bits per heavy atom. The summed E-state index contributed by atoms with van der Waals surface area (Å²) in [4.78, 5) is 0.140. The number of nitrogens with one attached hydrogen (secondary N) is 1. The maximum Gasteiger partial charge on any atom is 0.245 e. The van der Waals surface area contributed by atoms with E-state index in [9.17, 15) is 8.42 Å². The standard InChI is InChI=1S/C11H14BrClN2O2S/c1-15(8-5-6-14-7-8)18(16,17)11-9(12)3-2-4-10(11)13/h2-4,8,14H,5-7H2,1H3. The number of sulfonamides is 1. The first-order valence-corrected chi connectivity index (χ1v) is 8.18. The van der Waals surface area contributed by atoms with Crippen molar-refractivity contribution >= 4 is 37.6 Å². The van der Waals surface area contributed by atoms with Crippen LogP contribution in [0.25, 0.3) is 0 Å². The van der Waals surface area contributed by atoms with Crippen LogP contribution in [0.5, 0.6) is 0 Å². The van der Waals surface area contributed by atoms with Crippen LogP contribution in [0, 0.1) is 0 Å². The second-order valence-electron chi connectivity index (χ2n) is 4.22. The van der Waals surface area contributed by atoms with E-state index in [1.54, 1.807) is 25.2 Å². The number of halogens is 2. The van der Waals surface area contributed by atoms with E-state index in [1.165, 1.54) is 4.31 Å². The molecule has 1 atom stereocenters. The highest BCUT2D eigenvalue weighted by molar-refractivity contribution is 9.10. The van der Waals surface area contributed by atoms with Gasteiger partial charge in [0.15, 0.2) is 0 Å². The molecule has 1 fully saturated rings. The normalized spacial score (nSPS) is 20.6. The van der Waals surface area contributed by atoms with Crippen LogP contribution < -0.4 is 5.32 Å². The second-order valence-corrected chi connectivity index (χ2v) is 7.41. The van der Waals surface area contributed by atoms with Crippen LogP contribution in [0.3, 0.4) is 0 Å². The fourth-order valence-electron chi connectivity index (χ4n) is 2.02. The van der Waals surface area contributed by atoms with E-state index in [4.69, 9.17) is 11.6 Å². The molecule has 18 heavy (non-hydrogen) atoms. The number of rotatable bonds is 3. The van der Waals surface area contributed by atoms with Crippen molar-refractivity contribution in [3.8, 4) is 0 Å². The monoisotopic (exact) mass is 352 g/mol. The molecule has 0 radical (unpaired) electrons. The molecule has 1 saturated heterocycles. The highest BCUT2D eigenvalue weighted by Crippen LogP contribution is 2.32. The van der Waals surface area contributed by atoms with Crippen molar-refractivity contribution in [1.29, 1.82) is 0 Å². The summed E-state index contributed by atoms with van der Waals surface area (Å²) < 4.78 is 27.0. The molecular formula is C11H14BrClN2O2S. The van der Waals surface area contributed by atoms with Gasteiger partial charge in [-0.1, -0.05) is 17.7 Å². The van der Waals surface area contributed by atoms with Gasteiger partial charge < -0.3 is 5.32 Å². The molecule has 1 unspecified atom stereocenters. The third kappa shape index (κ3) is 2.58. The Balaban J connectivity index is 2.41. The zero-order chi connectivity index (χ0) is 13.3. The summed E-state index contributed by atoms with van der Waals surface area (Å²) in [5, 5.41) is 3.39. The Hall–Kier alpha value is -0.140. The highest BCUT2D eigenvalue weighted by Gasteiger charge is 2.32. The molecular weight excluding hydrogens is 340 g/mol. The second kappa shape index (κ2) is 5.46. The summed E-state index contributed by atoms with van der Waals surface area (Å²) in [7, 11) is -1.97. The number of nitrogens with zero attached hydrogens (tertiary/aromatic N) is 1. The smallest absolute Gasteiger partial charge is 0.245 e. The fourth-order valence-corrected chi connectivity index (χ4v) is 5.07. The molecule has 1 aromatic carbocycles. The predicted molar refractivity (Wildman–Crippen MR) is 75.4 cm³/mol. The fraction of sp³-hybridized carbons (Fsp3) is 0.455. The third-order valence-electron chi connectivity index (χ3n) is 3.10. The van der Waals surface area contributed by atoms with E-state index in [1.807, 2.05) is 0 Å². The van der Waals surface area contributed by atoms with Gasteiger partial charge in [0.05, 0.1) is 5.02 Å². The zero-order valence-corrected chi connectivity index (χ0v) is 13.0. The summed E-state index contributed by atoms with van der Waals surface area (Å²) >= 11 is 9.27. The average molecular weight is 354 g/mol. The molecule has 7 heteroatoms. The molecule has 1 N–H and O–H groups in total. The number of hydrogen-bond donors (Lipinski definition) is 1. The van der Waals surface area contributed by atoms with Gasteiger partial charge in [-0.2, -0.15) is 4.31 Å². The van der Waals surface area contributed by atoms with Gasteiger partial charge in [0.2, 0.25) is 10.0 Å². The molecule has 1 heterocycles. The Bertz CT molecular complexity index is 524. The van der Waals surface area contributed by atoms with Gasteiger partial charge in [0.25, 0.3) is 0 Å². The predicted octanol–water partition coefficient (Wildman–Crippen LogP) is 2.08. The molecule has 4 nitrogen and oxygen atoms in total. The first-order valence-electron chi connectivity index (χ1n) is 5.57. The van der Waals surface area contributed by atoms with Crippen LogP contribution in [-0.4, -0.2) is 38.9 Å². The quantitative estimate of drug-likeness (QED) is 0.905. The van der Waals surface area contributed by atoms with Crippen LogP contribution in [-0.2, 0) is 10.0 Å². The average Bonchev–Trinajstić information content (AvgIpc) is 2.80. The van der Waals surface area contributed by atoms with Crippen molar-refractivity contribution in [3.63, 3.8) is 0 Å².